The molecule has 0 spiro atoms. The van der Waals surface area contributed by atoms with Crippen LogP contribution in [-0.4, -0.2) is 25.3 Å². The van der Waals surface area contributed by atoms with Crippen LogP contribution in [0.2, 0.25) is 0 Å². The number of halogens is 2. The van der Waals surface area contributed by atoms with E-state index in [0.717, 1.165) is 25.0 Å². The largest absolute Gasteiger partial charge is 0.345 e. The number of fused-ring (bicyclic) bond motifs is 1. The van der Waals surface area contributed by atoms with Crippen molar-refractivity contribution in [2.24, 2.45) is 0 Å². The molecule has 1 amide bonds. The lowest BCUT2D eigenvalue weighted by Crippen LogP contribution is -2.31. The molecule has 4 rings (SSSR count). The maximum atomic E-state index is 14.4. The van der Waals surface area contributed by atoms with E-state index in [0.29, 0.717) is 35.5 Å². The van der Waals surface area contributed by atoms with E-state index in [1.54, 1.807) is 12.1 Å². The number of carbonyl (C=O) groups is 1. The maximum absolute atomic E-state index is 14.4. The molecular weight excluding hydrogens is 416 g/mol. The van der Waals surface area contributed by atoms with Crippen LogP contribution in [0.1, 0.15) is 54.1 Å². The Morgan fingerprint density at radius 1 is 1.03 bits per heavy atom. The molecule has 2 aromatic rings. The van der Waals surface area contributed by atoms with Crippen LogP contribution in [0, 0.1) is 11.6 Å². The molecule has 4 nitrogen and oxygen atoms in total. The van der Waals surface area contributed by atoms with Gasteiger partial charge in [-0.25, -0.2) is 17.2 Å². The Kier molecular flexibility index (Phi) is 5.66. The minimum absolute atomic E-state index is 0.0263. The number of hydrogen-bond acceptors (Lipinski definition) is 4. The summed E-state index contributed by atoms with van der Waals surface area (Å²) in [4.78, 5) is 13.2. The number of amides is 1. The molecule has 1 heterocycles. The molecule has 1 aliphatic carbocycles. The number of nitrogens with one attached hydrogen (secondary N) is 1. The van der Waals surface area contributed by atoms with Crippen molar-refractivity contribution in [1.82, 2.24) is 5.32 Å². The summed E-state index contributed by atoms with van der Waals surface area (Å²) < 4.78 is 54.0. The van der Waals surface area contributed by atoms with E-state index in [1.807, 2.05) is 0 Å². The summed E-state index contributed by atoms with van der Waals surface area (Å²) in [5.41, 5.74) is 0.352. The third-order valence-corrected chi connectivity index (χ3v) is 9.00. The van der Waals surface area contributed by atoms with Gasteiger partial charge in [0.05, 0.1) is 21.8 Å². The fraction of sp³-hybridized carbons (Fsp3) is 0.381. The van der Waals surface area contributed by atoms with Crippen LogP contribution in [0.25, 0.3) is 0 Å². The first kappa shape index (κ1) is 20.3. The zero-order valence-electron chi connectivity index (χ0n) is 15.7. The monoisotopic (exact) mass is 437 g/mol. The van der Waals surface area contributed by atoms with Crippen LogP contribution >= 0.6 is 11.8 Å². The summed E-state index contributed by atoms with van der Waals surface area (Å²) in [7, 11) is -3.60. The number of sulfone groups is 1. The first-order chi connectivity index (χ1) is 13.9. The lowest BCUT2D eigenvalue weighted by atomic mass is 10.0. The summed E-state index contributed by atoms with van der Waals surface area (Å²) in [5, 5.41) is 2.28. The number of carbonyl (C=O) groups excluding carboxylic acids is 1. The van der Waals surface area contributed by atoms with Crippen molar-refractivity contribution in [2.75, 3.05) is 5.75 Å². The highest BCUT2D eigenvalue weighted by atomic mass is 32.2. The van der Waals surface area contributed by atoms with Crippen LogP contribution in [0.4, 0.5) is 8.78 Å². The van der Waals surface area contributed by atoms with E-state index in [2.05, 4.69) is 5.32 Å². The maximum Gasteiger partial charge on any atom is 0.254 e. The number of thioether (sulfide) groups is 1. The van der Waals surface area contributed by atoms with E-state index in [9.17, 15) is 22.0 Å². The summed E-state index contributed by atoms with van der Waals surface area (Å²) >= 11 is 1.39. The predicted octanol–water partition coefficient (Wildman–Crippen LogP) is 4.65. The van der Waals surface area contributed by atoms with Gasteiger partial charge in [-0.3, -0.25) is 4.79 Å². The highest BCUT2D eigenvalue weighted by Gasteiger charge is 2.32. The van der Waals surface area contributed by atoms with Crippen molar-refractivity contribution in [3.63, 3.8) is 0 Å². The summed E-state index contributed by atoms with van der Waals surface area (Å²) in [6.07, 6.45) is 3.46. The van der Waals surface area contributed by atoms with Gasteiger partial charge in [0.15, 0.2) is 9.84 Å². The van der Waals surface area contributed by atoms with Gasteiger partial charge < -0.3 is 5.32 Å². The van der Waals surface area contributed by atoms with Crippen LogP contribution < -0.4 is 5.32 Å². The van der Waals surface area contributed by atoms with Crippen LogP contribution in [0.5, 0.6) is 0 Å². The van der Waals surface area contributed by atoms with Gasteiger partial charge in [-0.1, -0.05) is 25.0 Å². The first-order valence-electron chi connectivity index (χ1n) is 9.63. The Labute approximate surface area is 173 Å². The SMILES string of the molecule is O=C(N[C@H]1CCSc2c(F)cccc21)c1cc(S(=O)(=O)C2CCCC2)ccc1F. The Morgan fingerprint density at radius 3 is 2.55 bits per heavy atom. The van der Waals surface area contributed by atoms with E-state index >= 15 is 0 Å². The molecule has 1 N–H and O–H groups in total. The zero-order chi connectivity index (χ0) is 20.6. The van der Waals surface area contributed by atoms with Gasteiger partial charge in [-0.05, 0) is 49.1 Å². The highest BCUT2D eigenvalue weighted by Crippen LogP contribution is 2.38. The van der Waals surface area contributed by atoms with Crippen LogP contribution in [-0.2, 0) is 9.84 Å². The molecule has 0 aromatic heterocycles. The normalized spacial score (nSPS) is 19.7. The molecule has 1 atom stereocenters. The minimum Gasteiger partial charge on any atom is -0.345 e. The Bertz CT molecular complexity index is 1050. The van der Waals surface area contributed by atoms with E-state index in [1.165, 1.54) is 23.9 Å². The summed E-state index contributed by atoms with van der Waals surface area (Å²) in [5.74, 6) is -1.20. The molecule has 1 aliphatic heterocycles. The summed E-state index contributed by atoms with van der Waals surface area (Å²) in [6, 6.07) is 7.61. The molecule has 29 heavy (non-hydrogen) atoms. The molecule has 1 saturated carbocycles. The predicted molar refractivity (Wildman–Crippen MR) is 108 cm³/mol. The quantitative estimate of drug-likeness (QED) is 0.708. The van der Waals surface area contributed by atoms with Crippen LogP contribution in [0.15, 0.2) is 46.2 Å². The molecule has 2 aromatic carbocycles. The molecular formula is C21H21F2NO3S2. The fourth-order valence-corrected chi connectivity index (χ4v) is 7.04. The molecule has 8 heteroatoms. The third-order valence-electron chi connectivity index (χ3n) is 5.58. The fourth-order valence-electron chi connectivity index (χ4n) is 4.02. The molecule has 154 valence electrons. The Morgan fingerprint density at radius 2 is 1.79 bits per heavy atom. The highest BCUT2D eigenvalue weighted by molar-refractivity contribution is 7.99. The molecule has 2 aliphatic rings. The van der Waals surface area contributed by atoms with E-state index < -0.39 is 32.9 Å². The van der Waals surface area contributed by atoms with Gasteiger partial charge in [0, 0.05) is 10.6 Å². The number of hydrogen-bond donors (Lipinski definition) is 1. The average Bonchev–Trinajstić information content (AvgIpc) is 3.25. The van der Waals surface area contributed by atoms with Crippen molar-refractivity contribution < 1.29 is 22.0 Å². The molecule has 1 fully saturated rings. The van der Waals surface area contributed by atoms with Gasteiger partial charge in [-0.15, -0.1) is 11.8 Å². The smallest absolute Gasteiger partial charge is 0.254 e. The first-order valence-corrected chi connectivity index (χ1v) is 12.2. The second kappa shape index (κ2) is 8.07. The molecule has 0 unspecified atom stereocenters. The average molecular weight is 438 g/mol. The summed E-state index contributed by atoms with van der Waals surface area (Å²) in [6.45, 7) is 0. The minimum atomic E-state index is -3.60. The van der Waals surface area contributed by atoms with Gasteiger partial charge in [-0.2, -0.15) is 0 Å². The van der Waals surface area contributed by atoms with Crippen molar-refractivity contribution in [2.45, 2.75) is 53.2 Å². The Hall–Kier alpha value is -1.93. The van der Waals surface area contributed by atoms with E-state index in [4.69, 9.17) is 0 Å². The zero-order valence-corrected chi connectivity index (χ0v) is 17.3. The Balaban J connectivity index is 1.61. The second-order valence-corrected chi connectivity index (χ2v) is 10.7. The van der Waals surface area contributed by atoms with Crippen molar-refractivity contribution in [3.8, 4) is 0 Å². The van der Waals surface area contributed by atoms with Crippen LogP contribution in [0.3, 0.4) is 0 Å². The molecule has 0 bridgehead atoms. The molecule has 0 radical (unpaired) electrons. The van der Waals surface area contributed by atoms with Crippen molar-refractivity contribution in [1.29, 1.82) is 0 Å². The lowest BCUT2D eigenvalue weighted by molar-refractivity contribution is 0.0930. The molecule has 0 saturated heterocycles. The van der Waals surface area contributed by atoms with Crippen molar-refractivity contribution in [3.05, 3.63) is 59.2 Å². The van der Waals surface area contributed by atoms with Gasteiger partial charge >= 0.3 is 0 Å². The lowest BCUT2D eigenvalue weighted by Gasteiger charge is -2.26. The number of benzene rings is 2. The third kappa shape index (κ3) is 3.92. The standard InChI is InChI=1S/C21H21F2NO3S2/c22-17-9-8-14(29(26,27)13-4-1-2-5-13)12-16(17)21(25)24-19-10-11-28-20-15(19)6-3-7-18(20)23/h3,6-9,12-13,19H,1-2,4-5,10-11H2,(H,24,25)/t19-/m0/s1. The van der Waals surface area contributed by atoms with Crippen molar-refractivity contribution >= 4 is 27.5 Å². The van der Waals surface area contributed by atoms with E-state index in [-0.39, 0.29) is 16.3 Å². The van der Waals surface area contributed by atoms with Gasteiger partial charge in [0.1, 0.15) is 11.6 Å². The number of rotatable bonds is 4. The van der Waals surface area contributed by atoms with Gasteiger partial charge in [0.25, 0.3) is 5.91 Å². The topological polar surface area (TPSA) is 63.2 Å². The second-order valence-electron chi connectivity index (χ2n) is 7.41. The van der Waals surface area contributed by atoms with Gasteiger partial charge in [0.2, 0.25) is 0 Å².